The van der Waals surface area contributed by atoms with E-state index in [-0.39, 0.29) is 24.3 Å². The number of hydrogen-bond donors (Lipinski definition) is 1. The summed E-state index contributed by atoms with van der Waals surface area (Å²) in [6.07, 6.45) is 5.69. The quantitative estimate of drug-likeness (QED) is 0.401. The Morgan fingerprint density at radius 2 is 1.83 bits per heavy atom. The highest BCUT2D eigenvalue weighted by Gasteiger charge is 2.26. The summed E-state index contributed by atoms with van der Waals surface area (Å²) < 4.78 is 7.09. The lowest BCUT2D eigenvalue weighted by atomic mass is 10.1. The highest BCUT2D eigenvalue weighted by atomic mass is 32.2. The maximum atomic E-state index is 12.6. The number of aryl methyl sites for hydroxylation is 2. The number of benzene rings is 1. The van der Waals surface area contributed by atoms with Crippen molar-refractivity contribution in [3.05, 3.63) is 54.4 Å². The van der Waals surface area contributed by atoms with Crippen molar-refractivity contribution in [1.82, 2.24) is 30.1 Å². The van der Waals surface area contributed by atoms with Gasteiger partial charge in [-0.05, 0) is 59.5 Å². The molecule has 0 atom stereocenters. The summed E-state index contributed by atoms with van der Waals surface area (Å²) in [5, 5.41) is 21.2. The number of aliphatic carboxylic acids is 1. The normalized spacial score (nSPS) is 14.1. The van der Waals surface area contributed by atoms with Crippen LogP contribution in [0.15, 0.2) is 58.8 Å². The van der Waals surface area contributed by atoms with E-state index in [1.807, 2.05) is 36.4 Å². The van der Waals surface area contributed by atoms with Crippen molar-refractivity contribution in [1.29, 1.82) is 0 Å². The predicted octanol–water partition coefficient (Wildman–Crippen LogP) is 3.63. The number of ether oxygens (including phenoxy) is 1. The van der Waals surface area contributed by atoms with Crippen molar-refractivity contribution < 1.29 is 19.4 Å². The molecule has 0 saturated carbocycles. The molecule has 3 aromatic rings. The number of carboxylic acid groups (broad SMARTS) is 1. The first-order chi connectivity index (χ1) is 17.1. The third kappa shape index (κ3) is 7.69. The summed E-state index contributed by atoms with van der Waals surface area (Å²) in [4.78, 5) is 30.3. The zero-order valence-electron chi connectivity index (χ0n) is 19.0. The topological polar surface area (TPSA) is 123 Å². The summed E-state index contributed by atoms with van der Waals surface area (Å²) in [6, 6.07) is 11.7. The zero-order chi connectivity index (χ0) is 24.5. The van der Waals surface area contributed by atoms with Crippen LogP contribution in [0, 0.1) is 0 Å². The van der Waals surface area contributed by atoms with Gasteiger partial charge in [0.2, 0.25) is 5.16 Å². The van der Waals surface area contributed by atoms with E-state index in [2.05, 4.69) is 20.5 Å². The summed E-state index contributed by atoms with van der Waals surface area (Å²) in [7, 11) is 0. The molecule has 1 saturated heterocycles. The summed E-state index contributed by atoms with van der Waals surface area (Å²) >= 11 is 3.31. The van der Waals surface area contributed by atoms with Crippen molar-refractivity contribution in [2.45, 2.75) is 47.5 Å². The number of thioether (sulfide) groups is 2. The molecule has 0 unspecified atom stereocenters. The fraction of sp³-hybridized carbons (Fsp3) is 0.391. The van der Waals surface area contributed by atoms with E-state index in [1.54, 1.807) is 29.1 Å². The van der Waals surface area contributed by atoms with Crippen LogP contribution in [0.25, 0.3) is 0 Å². The highest BCUT2D eigenvalue weighted by Crippen LogP contribution is 2.29. The smallest absolute Gasteiger partial charge is 0.415 e. The first-order valence-electron chi connectivity index (χ1n) is 11.3. The van der Waals surface area contributed by atoms with Gasteiger partial charge in [0.25, 0.3) is 0 Å². The van der Waals surface area contributed by atoms with Crippen molar-refractivity contribution in [3.8, 4) is 5.75 Å². The van der Waals surface area contributed by atoms with Gasteiger partial charge in [-0.25, -0.2) is 9.48 Å². The molecule has 0 aliphatic carbocycles. The van der Waals surface area contributed by atoms with Crippen LogP contribution < -0.4 is 4.74 Å². The van der Waals surface area contributed by atoms with Crippen molar-refractivity contribution in [2.75, 3.05) is 18.8 Å². The Labute approximate surface area is 211 Å². The van der Waals surface area contributed by atoms with Crippen LogP contribution in [-0.2, 0) is 17.8 Å². The fourth-order valence-corrected chi connectivity index (χ4v) is 5.50. The SMILES string of the molecule is O=C(O)CCn1nnnc1SC1CCN(C(=O)Oc2ccc(CCSc3ccncc3)cc2)CC1. The summed E-state index contributed by atoms with van der Waals surface area (Å²) in [5.74, 6) is 0.606. The van der Waals surface area contributed by atoms with Crippen LogP contribution in [0.2, 0.25) is 0 Å². The van der Waals surface area contributed by atoms with Crippen LogP contribution in [0.4, 0.5) is 4.79 Å². The lowest BCUT2D eigenvalue weighted by molar-refractivity contribution is -0.137. The molecule has 0 bridgehead atoms. The molecule has 10 nitrogen and oxygen atoms in total. The van der Waals surface area contributed by atoms with E-state index in [0.29, 0.717) is 24.0 Å². The molecular weight excluding hydrogens is 488 g/mol. The predicted molar refractivity (Wildman–Crippen MR) is 132 cm³/mol. The Hall–Kier alpha value is -3.12. The molecule has 1 fully saturated rings. The number of tetrazole rings is 1. The number of carbonyl (C=O) groups excluding carboxylic acids is 1. The molecule has 3 heterocycles. The molecular formula is C23H26N6O4S2. The van der Waals surface area contributed by atoms with E-state index in [9.17, 15) is 9.59 Å². The number of nitrogens with zero attached hydrogens (tertiary/aromatic N) is 6. The van der Waals surface area contributed by atoms with E-state index in [0.717, 1.165) is 25.0 Å². The van der Waals surface area contributed by atoms with Crippen molar-refractivity contribution in [3.63, 3.8) is 0 Å². The molecule has 184 valence electrons. The van der Waals surface area contributed by atoms with Gasteiger partial charge in [-0.2, -0.15) is 0 Å². The molecule has 1 amide bonds. The number of likely N-dealkylation sites (tertiary alicyclic amines) is 1. The highest BCUT2D eigenvalue weighted by molar-refractivity contribution is 7.99. The van der Waals surface area contributed by atoms with Crippen LogP contribution in [0.1, 0.15) is 24.8 Å². The third-order valence-electron chi connectivity index (χ3n) is 5.45. The fourth-order valence-electron chi connectivity index (χ4n) is 3.54. The largest absolute Gasteiger partial charge is 0.481 e. The van der Waals surface area contributed by atoms with E-state index in [4.69, 9.17) is 9.84 Å². The molecule has 1 aliphatic rings. The van der Waals surface area contributed by atoms with Gasteiger partial charge in [-0.15, -0.1) is 16.9 Å². The van der Waals surface area contributed by atoms with Crippen LogP contribution in [-0.4, -0.2) is 71.4 Å². The van der Waals surface area contributed by atoms with Crippen molar-refractivity contribution in [2.24, 2.45) is 0 Å². The molecule has 0 spiro atoms. The monoisotopic (exact) mass is 514 g/mol. The first-order valence-corrected chi connectivity index (χ1v) is 13.2. The van der Waals surface area contributed by atoms with Crippen LogP contribution in [0.3, 0.4) is 0 Å². The van der Waals surface area contributed by atoms with Crippen LogP contribution >= 0.6 is 23.5 Å². The number of pyridine rings is 1. The van der Waals surface area contributed by atoms with E-state index < -0.39 is 5.97 Å². The number of amides is 1. The van der Waals surface area contributed by atoms with Gasteiger partial charge in [-0.3, -0.25) is 9.78 Å². The van der Waals surface area contributed by atoms with Crippen molar-refractivity contribution >= 4 is 35.6 Å². The minimum Gasteiger partial charge on any atom is -0.481 e. The van der Waals surface area contributed by atoms with E-state index in [1.165, 1.54) is 26.9 Å². The number of aromatic nitrogens is 5. The standard InChI is InChI=1S/C23H26N6O4S2/c30-21(31)9-15-29-22(25-26-27-29)35-20-7-13-28(14-8-20)23(32)33-18-3-1-17(2-4-18)10-16-34-19-5-11-24-12-6-19/h1-6,11-12,20H,7-10,13-16H2,(H,30,31). The second kappa shape index (κ2) is 12.5. The molecule has 12 heteroatoms. The number of carbonyl (C=O) groups is 2. The summed E-state index contributed by atoms with van der Waals surface area (Å²) in [6.45, 7) is 1.40. The molecule has 1 aliphatic heterocycles. The maximum Gasteiger partial charge on any atom is 0.415 e. The lowest BCUT2D eigenvalue weighted by Gasteiger charge is -2.30. The molecule has 4 rings (SSSR count). The summed E-state index contributed by atoms with van der Waals surface area (Å²) in [5.41, 5.74) is 1.19. The van der Waals surface area contributed by atoms with Gasteiger partial charge in [-0.1, -0.05) is 23.9 Å². The Bertz CT molecular complexity index is 1100. The number of rotatable bonds is 10. The van der Waals surface area contributed by atoms with E-state index >= 15 is 0 Å². The lowest BCUT2D eigenvalue weighted by Crippen LogP contribution is -2.41. The maximum absolute atomic E-state index is 12.6. The number of piperidine rings is 1. The Morgan fingerprint density at radius 3 is 2.54 bits per heavy atom. The van der Waals surface area contributed by atoms with Gasteiger partial charge < -0.3 is 14.7 Å². The first kappa shape index (κ1) is 25.0. The average Bonchev–Trinajstić information content (AvgIpc) is 3.31. The molecule has 35 heavy (non-hydrogen) atoms. The third-order valence-corrected chi connectivity index (χ3v) is 7.77. The van der Waals surface area contributed by atoms with Gasteiger partial charge in [0.1, 0.15) is 5.75 Å². The Balaban J connectivity index is 1.18. The van der Waals surface area contributed by atoms with Gasteiger partial charge in [0.05, 0.1) is 13.0 Å². The average molecular weight is 515 g/mol. The number of carboxylic acids is 1. The van der Waals surface area contributed by atoms with Gasteiger partial charge >= 0.3 is 12.1 Å². The zero-order valence-corrected chi connectivity index (χ0v) is 20.7. The molecule has 1 N–H and O–H groups in total. The van der Waals surface area contributed by atoms with Gasteiger partial charge in [0.15, 0.2) is 0 Å². The second-order valence-corrected chi connectivity index (χ2v) is 10.4. The second-order valence-electron chi connectivity index (χ2n) is 7.93. The Morgan fingerprint density at radius 1 is 1.09 bits per heavy atom. The molecule has 2 aromatic heterocycles. The number of hydrogen-bond acceptors (Lipinski definition) is 9. The molecule has 0 radical (unpaired) electrons. The van der Waals surface area contributed by atoms with Gasteiger partial charge in [0, 0.05) is 41.4 Å². The minimum atomic E-state index is -0.891. The van der Waals surface area contributed by atoms with Crippen LogP contribution in [0.5, 0.6) is 5.75 Å². The Kier molecular flexibility index (Phi) is 8.96. The minimum absolute atomic E-state index is 0.0333. The molecule has 1 aromatic carbocycles.